The maximum Gasteiger partial charge on any atom is 0.158 e. The Kier molecular flexibility index (Phi) is 11.5. The first-order chi connectivity index (χ1) is 15.5. The van der Waals surface area contributed by atoms with Crippen molar-refractivity contribution in [3.8, 4) is 0 Å². The monoisotopic (exact) mass is 433 g/mol. The standard InChI is InChI=1S/C13H15N3.C10H10N2.C2H6.CH4O/c1-4-6-11(5-2)12-9-15-13-10(3)14-7-8-16(12)13;1-7-4-3-5-10-9(7)6-8(2)11-12-10;2*1-2/h5-9H,2,4H2,1,3H3;3-6H,1-2H3;1-2H3;2H,1H3/b11-6+;;;. The number of hydrogen-bond donors (Lipinski definition) is 1. The van der Waals surface area contributed by atoms with Crippen LogP contribution in [0.4, 0.5) is 0 Å². The number of rotatable bonds is 3. The van der Waals surface area contributed by atoms with Crippen LogP contribution in [0.2, 0.25) is 0 Å². The molecule has 0 bridgehead atoms. The minimum atomic E-state index is 0.904. The minimum Gasteiger partial charge on any atom is -0.400 e. The summed E-state index contributed by atoms with van der Waals surface area (Å²) in [6.07, 6.45) is 10.6. The van der Waals surface area contributed by atoms with Crippen LogP contribution < -0.4 is 0 Å². The number of aliphatic hydroxyl groups excluding tert-OH is 1. The topological polar surface area (TPSA) is 76.2 Å². The zero-order valence-electron chi connectivity index (χ0n) is 20.3. The summed E-state index contributed by atoms with van der Waals surface area (Å²) < 4.78 is 2.05. The van der Waals surface area contributed by atoms with Crippen LogP contribution in [0.3, 0.4) is 0 Å². The molecule has 0 fully saturated rings. The van der Waals surface area contributed by atoms with E-state index in [0.29, 0.717) is 0 Å². The molecule has 0 saturated carbocycles. The number of fused-ring (bicyclic) bond motifs is 2. The second kappa shape index (κ2) is 13.8. The van der Waals surface area contributed by atoms with Gasteiger partial charge < -0.3 is 5.11 Å². The van der Waals surface area contributed by atoms with Gasteiger partial charge in [-0.1, -0.05) is 51.6 Å². The van der Waals surface area contributed by atoms with Gasteiger partial charge in [-0.15, -0.1) is 0 Å². The SMILES string of the molecule is C=C/C(=C\CC)c1cnc2c(C)nccn12.CC.CO.Cc1cc2c(C)cccc2nn1. The Morgan fingerprint density at radius 2 is 1.81 bits per heavy atom. The van der Waals surface area contributed by atoms with Gasteiger partial charge in [0, 0.05) is 24.9 Å². The molecule has 0 aliphatic heterocycles. The Morgan fingerprint density at radius 1 is 1.09 bits per heavy atom. The predicted molar refractivity (Wildman–Crippen MR) is 135 cm³/mol. The van der Waals surface area contributed by atoms with Crippen LogP contribution in [0, 0.1) is 20.8 Å². The maximum absolute atomic E-state index is 7.00. The van der Waals surface area contributed by atoms with E-state index in [4.69, 9.17) is 5.11 Å². The van der Waals surface area contributed by atoms with Gasteiger partial charge in [0.1, 0.15) is 0 Å². The second-order valence-corrected chi connectivity index (χ2v) is 6.61. The van der Waals surface area contributed by atoms with Crippen molar-refractivity contribution in [1.82, 2.24) is 24.6 Å². The fourth-order valence-corrected chi connectivity index (χ4v) is 3.09. The number of aliphatic hydroxyl groups is 1. The molecule has 0 unspecified atom stereocenters. The number of benzene rings is 1. The summed E-state index contributed by atoms with van der Waals surface area (Å²) in [5.41, 5.74) is 7.22. The van der Waals surface area contributed by atoms with Crippen LogP contribution >= 0.6 is 0 Å². The predicted octanol–water partition coefficient (Wildman–Crippen LogP) is 5.90. The molecular formula is C26H35N5O. The third kappa shape index (κ3) is 6.56. The average Bonchev–Trinajstić information content (AvgIpc) is 3.26. The van der Waals surface area contributed by atoms with Crippen molar-refractivity contribution in [2.24, 2.45) is 0 Å². The molecule has 1 N–H and O–H groups in total. The number of nitrogens with zero attached hydrogens (tertiary/aromatic N) is 5. The molecule has 1 aromatic carbocycles. The first kappa shape index (κ1) is 26.7. The Bertz CT molecular complexity index is 1160. The van der Waals surface area contributed by atoms with E-state index in [0.717, 1.165) is 47.3 Å². The lowest BCUT2D eigenvalue weighted by atomic mass is 10.1. The summed E-state index contributed by atoms with van der Waals surface area (Å²) in [6.45, 7) is 16.0. The summed E-state index contributed by atoms with van der Waals surface area (Å²) in [4.78, 5) is 8.60. The van der Waals surface area contributed by atoms with Crippen molar-refractivity contribution in [3.63, 3.8) is 0 Å². The van der Waals surface area contributed by atoms with E-state index in [1.165, 1.54) is 10.9 Å². The lowest BCUT2D eigenvalue weighted by Gasteiger charge is -2.02. The van der Waals surface area contributed by atoms with Gasteiger partial charge in [0.2, 0.25) is 0 Å². The van der Waals surface area contributed by atoms with E-state index in [-0.39, 0.29) is 0 Å². The van der Waals surface area contributed by atoms with Crippen LogP contribution in [0.5, 0.6) is 0 Å². The van der Waals surface area contributed by atoms with E-state index in [2.05, 4.69) is 58.8 Å². The first-order valence-corrected chi connectivity index (χ1v) is 10.8. The quantitative estimate of drug-likeness (QED) is 0.407. The fraction of sp³-hybridized carbons (Fsp3) is 0.308. The van der Waals surface area contributed by atoms with Crippen molar-refractivity contribution in [2.45, 2.75) is 48.0 Å². The molecule has 3 heterocycles. The average molecular weight is 434 g/mol. The van der Waals surface area contributed by atoms with Crippen molar-refractivity contribution < 1.29 is 5.11 Å². The zero-order chi connectivity index (χ0) is 24.1. The van der Waals surface area contributed by atoms with E-state index in [1.807, 2.05) is 62.7 Å². The molecule has 0 aliphatic rings. The highest BCUT2D eigenvalue weighted by molar-refractivity contribution is 5.81. The molecule has 0 radical (unpaired) electrons. The molecule has 0 saturated heterocycles. The van der Waals surface area contributed by atoms with E-state index in [1.54, 1.807) is 6.20 Å². The van der Waals surface area contributed by atoms with Crippen molar-refractivity contribution in [2.75, 3.05) is 7.11 Å². The zero-order valence-corrected chi connectivity index (χ0v) is 20.3. The number of aromatic nitrogens is 5. The lowest BCUT2D eigenvalue weighted by molar-refractivity contribution is 0.399. The molecule has 4 rings (SSSR count). The number of allylic oxidation sites excluding steroid dienone is 3. The van der Waals surface area contributed by atoms with Gasteiger partial charge in [-0.2, -0.15) is 10.2 Å². The highest BCUT2D eigenvalue weighted by Crippen LogP contribution is 2.19. The summed E-state index contributed by atoms with van der Waals surface area (Å²) in [5, 5.41) is 16.3. The van der Waals surface area contributed by atoms with Crippen LogP contribution in [-0.4, -0.2) is 36.8 Å². The molecule has 0 atom stereocenters. The Hall–Kier alpha value is -3.38. The molecule has 4 aromatic rings. The largest absolute Gasteiger partial charge is 0.400 e. The fourth-order valence-electron chi connectivity index (χ4n) is 3.09. The highest BCUT2D eigenvalue weighted by atomic mass is 16.2. The van der Waals surface area contributed by atoms with Gasteiger partial charge >= 0.3 is 0 Å². The molecular weight excluding hydrogens is 398 g/mol. The van der Waals surface area contributed by atoms with Crippen LogP contribution in [0.25, 0.3) is 22.1 Å². The van der Waals surface area contributed by atoms with Gasteiger partial charge in [0.05, 0.1) is 28.8 Å². The number of imidazole rings is 1. The molecule has 0 amide bonds. The van der Waals surface area contributed by atoms with Crippen molar-refractivity contribution in [1.29, 1.82) is 0 Å². The van der Waals surface area contributed by atoms with Gasteiger partial charge in [0.15, 0.2) is 5.65 Å². The van der Waals surface area contributed by atoms with E-state index in [9.17, 15) is 0 Å². The van der Waals surface area contributed by atoms with E-state index < -0.39 is 0 Å². The normalized spacial score (nSPS) is 10.3. The summed E-state index contributed by atoms with van der Waals surface area (Å²) >= 11 is 0. The molecule has 32 heavy (non-hydrogen) atoms. The lowest BCUT2D eigenvalue weighted by Crippen LogP contribution is -1.94. The van der Waals surface area contributed by atoms with Crippen LogP contribution in [0.1, 0.15) is 49.8 Å². The summed E-state index contributed by atoms with van der Waals surface area (Å²) in [6, 6.07) is 8.14. The smallest absolute Gasteiger partial charge is 0.158 e. The number of hydrogen-bond acceptors (Lipinski definition) is 5. The van der Waals surface area contributed by atoms with Gasteiger partial charge in [0.25, 0.3) is 0 Å². The van der Waals surface area contributed by atoms with Crippen molar-refractivity contribution in [3.05, 3.63) is 84.2 Å². The Balaban J connectivity index is 0.000000285. The summed E-state index contributed by atoms with van der Waals surface area (Å²) in [5.74, 6) is 0. The number of aryl methyl sites for hydroxylation is 3. The molecule has 170 valence electrons. The Morgan fingerprint density at radius 3 is 2.47 bits per heavy atom. The third-order valence-corrected chi connectivity index (χ3v) is 4.51. The summed E-state index contributed by atoms with van der Waals surface area (Å²) in [7, 11) is 1.00. The molecule has 0 spiro atoms. The Labute approximate surface area is 191 Å². The van der Waals surface area contributed by atoms with Crippen LogP contribution in [-0.2, 0) is 0 Å². The second-order valence-electron chi connectivity index (χ2n) is 6.61. The minimum absolute atomic E-state index is 0.904. The van der Waals surface area contributed by atoms with Gasteiger partial charge in [-0.25, -0.2) is 4.98 Å². The molecule has 0 aliphatic carbocycles. The van der Waals surface area contributed by atoms with E-state index >= 15 is 0 Å². The first-order valence-electron chi connectivity index (χ1n) is 10.8. The maximum atomic E-state index is 7.00. The highest BCUT2D eigenvalue weighted by Gasteiger charge is 2.07. The third-order valence-electron chi connectivity index (χ3n) is 4.51. The molecule has 6 nitrogen and oxygen atoms in total. The van der Waals surface area contributed by atoms with Gasteiger partial charge in [-0.05, 0) is 50.5 Å². The molecule has 6 heteroatoms. The van der Waals surface area contributed by atoms with Gasteiger partial charge in [-0.3, -0.25) is 9.38 Å². The van der Waals surface area contributed by atoms with Crippen molar-refractivity contribution >= 4 is 22.1 Å². The van der Waals surface area contributed by atoms with Crippen LogP contribution in [0.15, 0.2) is 61.6 Å². The molecule has 3 aromatic heterocycles.